The Morgan fingerprint density at radius 3 is 2.59 bits per heavy atom. The first-order valence-corrected chi connectivity index (χ1v) is 8.28. The second kappa shape index (κ2) is 9.98. The van der Waals surface area contributed by atoms with Crippen LogP contribution in [0.3, 0.4) is 0 Å². The number of nitrogens with two attached hydrogens (primary N) is 1. The summed E-state index contributed by atoms with van der Waals surface area (Å²) >= 11 is 0. The number of carbonyl (C=O) groups excluding carboxylic acids is 1. The molecule has 22 heavy (non-hydrogen) atoms. The van der Waals surface area contributed by atoms with Crippen molar-refractivity contribution in [3.8, 4) is 0 Å². The van der Waals surface area contributed by atoms with Gasteiger partial charge in [-0.3, -0.25) is 10.2 Å². The SMILES string of the molecule is CCCCCCCCc1cccc(C(=O)NC(C)C(=N)N)c1. The van der Waals surface area contributed by atoms with Gasteiger partial charge in [-0.05, 0) is 37.5 Å². The normalized spacial score (nSPS) is 11.9. The van der Waals surface area contributed by atoms with Crippen molar-refractivity contribution in [1.82, 2.24) is 5.32 Å². The number of aryl methyl sites for hydroxylation is 1. The lowest BCUT2D eigenvalue weighted by atomic mass is 10.0. The van der Waals surface area contributed by atoms with E-state index in [0.717, 1.165) is 6.42 Å². The highest BCUT2D eigenvalue weighted by molar-refractivity contribution is 5.97. The fraction of sp³-hybridized carbons (Fsp3) is 0.556. The van der Waals surface area contributed by atoms with Gasteiger partial charge in [-0.1, -0.05) is 51.2 Å². The summed E-state index contributed by atoms with van der Waals surface area (Å²) in [6.07, 6.45) is 8.64. The number of nitrogens with one attached hydrogen (secondary N) is 2. The Labute approximate surface area is 134 Å². The van der Waals surface area contributed by atoms with Crippen molar-refractivity contribution < 1.29 is 4.79 Å². The van der Waals surface area contributed by atoms with E-state index >= 15 is 0 Å². The predicted molar refractivity (Wildman–Crippen MR) is 92.4 cm³/mol. The number of hydrogen-bond donors (Lipinski definition) is 3. The van der Waals surface area contributed by atoms with Crippen LogP contribution < -0.4 is 11.1 Å². The van der Waals surface area contributed by atoms with Crippen molar-refractivity contribution in [2.45, 2.75) is 64.8 Å². The summed E-state index contributed by atoms with van der Waals surface area (Å²) in [7, 11) is 0. The van der Waals surface area contributed by atoms with Gasteiger partial charge in [0.05, 0.1) is 6.04 Å². The van der Waals surface area contributed by atoms with Crippen LogP contribution in [0.4, 0.5) is 0 Å². The van der Waals surface area contributed by atoms with E-state index in [1.165, 1.54) is 44.1 Å². The lowest BCUT2D eigenvalue weighted by Gasteiger charge is -2.12. The maximum Gasteiger partial charge on any atom is 0.251 e. The zero-order chi connectivity index (χ0) is 16.4. The van der Waals surface area contributed by atoms with E-state index < -0.39 is 6.04 Å². The molecule has 1 amide bonds. The molecule has 0 saturated heterocycles. The van der Waals surface area contributed by atoms with Crippen LogP contribution in [0.2, 0.25) is 0 Å². The highest BCUT2D eigenvalue weighted by Crippen LogP contribution is 2.12. The quantitative estimate of drug-likeness (QED) is 0.350. The fourth-order valence-electron chi connectivity index (χ4n) is 2.34. The van der Waals surface area contributed by atoms with Crippen molar-refractivity contribution in [3.63, 3.8) is 0 Å². The maximum absolute atomic E-state index is 12.1. The minimum atomic E-state index is -0.435. The van der Waals surface area contributed by atoms with Crippen LogP contribution >= 0.6 is 0 Å². The van der Waals surface area contributed by atoms with Gasteiger partial charge in [-0.15, -0.1) is 0 Å². The summed E-state index contributed by atoms with van der Waals surface area (Å²) in [5.41, 5.74) is 7.21. The third-order valence-corrected chi connectivity index (χ3v) is 3.82. The summed E-state index contributed by atoms with van der Waals surface area (Å²) in [5, 5.41) is 10.0. The zero-order valence-electron chi connectivity index (χ0n) is 13.8. The molecule has 1 atom stereocenters. The molecule has 0 spiro atoms. The minimum absolute atomic E-state index is 0.0309. The number of unbranched alkanes of at least 4 members (excludes halogenated alkanes) is 5. The molecule has 0 bridgehead atoms. The topological polar surface area (TPSA) is 79.0 Å². The van der Waals surface area contributed by atoms with Crippen LogP contribution in [0.1, 0.15) is 68.3 Å². The number of amides is 1. The van der Waals surface area contributed by atoms with Crippen molar-refractivity contribution in [3.05, 3.63) is 35.4 Å². The van der Waals surface area contributed by atoms with Gasteiger partial charge in [0, 0.05) is 5.56 Å². The Hall–Kier alpha value is -1.84. The average molecular weight is 303 g/mol. The number of carbonyl (C=O) groups is 1. The lowest BCUT2D eigenvalue weighted by molar-refractivity contribution is 0.0949. The Kier molecular flexibility index (Phi) is 8.26. The van der Waals surface area contributed by atoms with Crippen molar-refractivity contribution in [2.75, 3.05) is 0 Å². The average Bonchev–Trinajstić information content (AvgIpc) is 2.50. The first-order chi connectivity index (χ1) is 10.5. The molecule has 4 N–H and O–H groups in total. The molecule has 1 rings (SSSR count). The van der Waals surface area contributed by atoms with Gasteiger partial charge >= 0.3 is 0 Å². The molecular formula is C18H29N3O. The molecule has 4 heteroatoms. The van der Waals surface area contributed by atoms with Crippen molar-refractivity contribution in [1.29, 1.82) is 5.41 Å². The third-order valence-electron chi connectivity index (χ3n) is 3.82. The zero-order valence-corrected chi connectivity index (χ0v) is 13.8. The Morgan fingerprint density at radius 1 is 1.23 bits per heavy atom. The van der Waals surface area contributed by atoms with Gasteiger partial charge < -0.3 is 11.1 Å². The molecular weight excluding hydrogens is 274 g/mol. The van der Waals surface area contributed by atoms with Gasteiger partial charge in [0.2, 0.25) is 0 Å². The van der Waals surface area contributed by atoms with Crippen LogP contribution in [-0.2, 0) is 6.42 Å². The Bertz CT molecular complexity index is 485. The Balaban J connectivity index is 2.44. The van der Waals surface area contributed by atoms with E-state index in [-0.39, 0.29) is 11.7 Å². The molecule has 0 aliphatic rings. The molecule has 0 aromatic heterocycles. The van der Waals surface area contributed by atoms with Gasteiger partial charge in [0.15, 0.2) is 0 Å². The number of hydrogen-bond acceptors (Lipinski definition) is 2. The number of benzene rings is 1. The Morgan fingerprint density at radius 2 is 1.91 bits per heavy atom. The maximum atomic E-state index is 12.1. The van der Waals surface area contributed by atoms with Gasteiger partial charge in [-0.2, -0.15) is 0 Å². The summed E-state index contributed by atoms with van der Waals surface area (Å²) < 4.78 is 0. The van der Waals surface area contributed by atoms with E-state index in [1.54, 1.807) is 13.0 Å². The van der Waals surface area contributed by atoms with Crippen LogP contribution in [-0.4, -0.2) is 17.8 Å². The third kappa shape index (κ3) is 6.74. The molecule has 0 heterocycles. The second-order valence-electron chi connectivity index (χ2n) is 5.87. The first kappa shape index (κ1) is 18.2. The van der Waals surface area contributed by atoms with Gasteiger partial charge in [-0.25, -0.2) is 0 Å². The number of amidine groups is 1. The molecule has 0 aliphatic heterocycles. The van der Waals surface area contributed by atoms with Crippen molar-refractivity contribution in [2.24, 2.45) is 5.73 Å². The highest BCUT2D eigenvalue weighted by Gasteiger charge is 2.11. The fourth-order valence-corrected chi connectivity index (χ4v) is 2.34. The predicted octanol–water partition coefficient (Wildman–Crippen LogP) is 3.64. The smallest absolute Gasteiger partial charge is 0.251 e. The second-order valence-corrected chi connectivity index (χ2v) is 5.87. The molecule has 4 nitrogen and oxygen atoms in total. The molecule has 122 valence electrons. The molecule has 0 saturated carbocycles. The largest absolute Gasteiger partial charge is 0.386 e. The van der Waals surface area contributed by atoms with Crippen LogP contribution in [0, 0.1) is 5.41 Å². The van der Waals surface area contributed by atoms with Gasteiger partial charge in [0.1, 0.15) is 5.84 Å². The van der Waals surface area contributed by atoms with Crippen LogP contribution in [0.15, 0.2) is 24.3 Å². The van der Waals surface area contributed by atoms with Crippen molar-refractivity contribution >= 4 is 11.7 Å². The van der Waals surface area contributed by atoms with Crippen LogP contribution in [0.5, 0.6) is 0 Å². The van der Waals surface area contributed by atoms with E-state index in [4.69, 9.17) is 11.1 Å². The van der Waals surface area contributed by atoms with Gasteiger partial charge in [0.25, 0.3) is 5.91 Å². The number of rotatable bonds is 10. The molecule has 0 aliphatic carbocycles. The molecule has 1 unspecified atom stereocenters. The van der Waals surface area contributed by atoms with E-state index in [2.05, 4.69) is 18.3 Å². The summed E-state index contributed by atoms with van der Waals surface area (Å²) in [5.74, 6) is -0.205. The summed E-state index contributed by atoms with van der Waals surface area (Å²) in [4.78, 5) is 12.1. The molecule has 0 fully saturated rings. The molecule has 1 aromatic carbocycles. The standard InChI is InChI=1S/C18H29N3O/c1-3-4-5-6-7-8-10-15-11-9-12-16(13-15)18(22)21-14(2)17(19)20/h9,11-14H,3-8,10H2,1-2H3,(H3,19,20)(H,21,22). The van der Waals surface area contributed by atoms with E-state index in [1.807, 2.05) is 12.1 Å². The van der Waals surface area contributed by atoms with Crippen LogP contribution in [0.25, 0.3) is 0 Å². The van der Waals surface area contributed by atoms with E-state index in [9.17, 15) is 4.79 Å². The summed E-state index contributed by atoms with van der Waals surface area (Å²) in [6, 6.07) is 7.28. The summed E-state index contributed by atoms with van der Waals surface area (Å²) in [6.45, 7) is 3.93. The first-order valence-electron chi connectivity index (χ1n) is 8.28. The molecule has 1 aromatic rings. The van der Waals surface area contributed by atoms with E-state index in [0.29, 0.717) is 5.56 Å². The molecule has 0 radical (unpaired) electrons. The lowest BCUT2D eigenvalue weighted by Crippen LogP contribution is -2.41. The minimum Gasteiger partial charge on any atom is -0.386 e. The highest BCUT2D eigenvalue weighted by atomic mass is 16.1. The monoisotopic (exact) mass is 303 g/mol.